The van der Waals surface area contributed by atoms with E-state index in [4.69, 9.17) is 19.2 Å². The lowest BCUT2D eigenvalue weighted by Crippen LogP contribution is -2.26. The first-order valence-corrected chi connectivity index (χ1v) is 12.0. The minimum Gasteiger partial charge on any atom is -0.493 e. The van der Waals surface area contributed by atoms with Gasteiger partial charge >= 0.3 is 5.97 Å². The van der Waals surface area contributed by atoms with Gasteiger partial charge in [-0.05, 0) is 54.0 Å². The number of esters is 1. The van der Waals surface area contributed by atoms with E-state index < -0.39 is 12.1 Å². The molecule has 0 aliphatic heterocycles. The van der Waals surface area contributed by atoms with E-state index in [9.17, 15) is 9.59 Å². The van der Waals surface area contributed by atoms with Gasteiger partial charge in [0.25, 0.3) is 5.56 Å². The molecule has 1 aromatic heterocycles. The molecule has 4 aromatic rings. The number of carbonyl (C=O) groups excluding carboxylic acids is 1. The van der Waals surface area contributed by atoms with Gasteiger partial charge in [0.15, 0.2) is 23.4 Å². The Kier molecular flexibility index (Phi) is 7.80. The van der Waals surface area contributed by atoms with Crippen molar-refractivity contribution in [3.63, 3.8) is 0 Å². The summed E-state index contributed by atoms with van der Waals surface area (Å²) in [6.07, 6.45) is 0.719. The Morgan fingerprint density at radius 2 is 1.83 bits per heavy atom. The monoisotopic (exact) mass is 549 g/mol. The Morgan fingerprint density at radius 3 is 2.56 bits per heavy atom. The smallest absolute Gasteiger partial charge is 0.347 e. The van der Waals surface area contributed by atoms with Crippen LogP contribution >= 0.6 is 15.9 Å². The zero-order valence-corrected chi connectivity index (χ0v) is 21.6. The van der Waals surface area contributed by atoms with Gasteiger partial charge < -0.3 is 14.2 Å². The van der Waals surface area contributed by atoms with Gasteiger partial charge in [0, 0.05) is 15.6 Å². The van der Waals surface area contributed by atoms with Crippen molar-refractivity contribution in [2.45, 2.75) is 20.0 Å². The van der Waals surface area contributed by atoms with Crippen molar-refractivity contribution in [2.24, 2.45) is 5.10 Å². The van der Waals surface area contributed by atoms with Crippen LogP contribution in [0.3, 0.4) is 0 Å². The summed E-state index contributed by atoms with van der Waals surface area (Å²) in [5, 5.41) is 4.96. The summed E-state index contributed by atoms with van der Waals surface area (Å²) in [5.41, 5.74) is 1.68. The zero-order chi connectivity index (χ0) is 25.7. The highest BCUT2D eigenvalue weighted by molar-refractivity contribution is 9.10. The van der Waals surface area contributed by atoms with E-state index >= 15 is 0 Å². The maximum absolute atomic E-state index is 13.4. The largest absolute Gasteiger partial charge is 0.493 e. The SMILES string of the molecule is CCOC(=O)[C@@H](C)Oc1cc(Br)c(C=Nn2c(-c3ccccc3)nc3ccccc3c2=O)cc1OC. The summed E-state index contributed by atoms with van der Waals surface area (Å²) in [6.45, 7) is 3.59. The van der Waals surface area contributed by atoms with Crippen LogP contribution in [0.2, 0.25) is 0 Å². The fraction of sp³-hybridized carbons (Fsp3) is 0.185. The molecule has 0 radical (unpaired) electrons. The number of rotatable bonds is 8. The van der Waals surface area contributed by atoms with Gasteiger partial charge in [0.05, 0.1) is 30.8 Å². The number of ether oxygens (including phenoxy) is 3. The zero-order valence-electron chi connectivity index (χ0n) is 20.0. The molecule has 0 saturated carbocycles. The fourth-order valence-corrected chi connectivity index (χ4v) is 3.95. The number of benzene rings is 3. The van der Waals surface area contributed by atoms with Crippen LogP contribution in [0.15, 0.2) is 81.1 Å². The van der Waals surface area contributed by atoms with E-state index in [1.165, 1.54) is 18.0 Å². The van der Waals surface area contributed by atoms with Crippen LogP contribution in [0.25, 0.3) is 22.3 Å². The second-order valence-corrected chi connectivity index (χ2v) is 8.57. The molecule has 0 aliphatic carbocycles. The summed E-state index contributed by atoms with van der Waals surface area (Å²) in [5.74, 6) is 0.694. The molecule has 1 heterocycles. The number of aromatic nitrogens is 2. The Balaban J connectivity index is 1.76. The molecule has 0 spiro atoms. The number of halogens is 1. The van der Waals surface area contributed by atoms with Crippen LogP contribution in [0.5, 0.6) is 11.5 Å². The van der Waals surface area contributed by atoms with E-state index in [1.54, 1.807) is 44.2 Å². The molecule has 0 amide bonds. The lowest BCUT2D eigenvalue weighted by Gasteiger charge is -2.17. The molecule has 8 nitrogen and oxygen atoms in total. The Labute approximate surface area is 216 Å². The van der Waals surface area contributed by atoms with Gasteiger partial charge in [0.2, 0.25) is 0 Å². The fourth-order valence-electron chi connectivity index (χ4n) is 3.52. The van der Waals surface area contributed by atoms with E-state index in [1.807, 2.05) is 36.4 Å². The van der Waals surface area contributed by atoms with E-state index in [0.29, 0.717) is 38.3 Å². The molecular formula is C27H24BrN3O5. The summed E-state index contributed by atoms with van der Waals surface area (Å²) in [4.78, 5) is 30.0. The van der Waals surface area contributed by atoms with Crippen LogP contribution in [-0.2, 0) is 9.53 Å². The lowest BCUT2D eigenvalue weighted by atomic mass is 10.2. The van der Waals surface area contributed by atoms with Crippen LogP contribution in [0.1, 0.15) is 19.4 Å². The van der Waals surface area contributed by atoms with Gasteiger partial charge in [-0.15, -0.1) is 0 Å². The highest BCUT2D eigenvalue weighted by Crippen LogP contribution is 2.34. The van der Waals surface area contributed by atoms with Crippen LogP contribution in [0, 0.1) is 0 Å². The molecule has 0 bridgehead atoms. The van der Waals surface area contributed by atoms with Gasteiger partial charge in [-0.2, -0.15) is 9.78 Å². The molecule has 9 heteroatoms. The number of fused-ring (bicyclic) bond motifs is 1. The molecule has 0 saturated heterocycles. The van der Waals surface area contributed by atoms with Crippen molar-refractivity contribution in [1.29, 1.82) is 0 Å². The third kappa shape index (κ3) is 5.31. The molecule has 0 unspecified atom stereocenters. The van der Waals surface area contributed by atoms with Gasteiger partial charge in [-0.1, -0.05) is 42.5 Å². The van der Waals surface area contributed by atoms with E-state index in [-0.39, 0.29) is 12.2 Å². The predicted molar refractivity (Wildman–Crippen MR) is 142 cm³/mol. The van der Waals surface area contributed by atoms with E-state index in [2.05, 4.69) is 21.0 Å². The highest BCUT2D eigenvalue weighted by atomic mass is 79.9. The van der Waals surface area contributed by atoms with Crippen molar-refractivity contribution in [2.75, 3.05) is 13.7 Å². The quantitative estimate of drug-likeness (QED) is 0.225. The number of hydrogen-bond donors (Lipinski definition) is 0. The maximum Gasteiger partial charge on any atom is 0.347 e. The summed E-state index contributed by atoms with van der Waals surface area (Å²) in [6, 6.07) is 19.9. The molecule has 4 rings (SSSR count). The molecule has 184 valence electrons. The van der Waals surface area contributed by atoms with Gasteiger partial charge in [-0.3, -0.25) is 4.79 Å². The first-order chi connectivity index (χ1) is 17.4. The normalized spacial score (nSPS) is 12.0. The number of methoxy groups -OCH3 is 1. The van der Waals surface area contributed by atoms with Crippen LogP contribution in [0.4, 0.5) is 0 Å². The summed E-state index contributed by atoms with van der Waals surface area (Å²) >= 11 is 3.52. The molecule has 1 atom stereocenters. The Bertz CT molecular complexity index is 1480. The summed E-state index contributed by atoms with van der Waals surface area (Å²) < 4.78 is 18.1. The minimum atomic E-state index is -0.819. The molecule has 3 aromatic carbocycles. The topological polar surface area (TPSA) is 92.0 Å². The van der Waals surface area contributed by atoms with Gasteiger partial charge in [0.1, 0.15) is 0 Å². The molecule has 36 heavy (non-hydrogen) atoms. The first kappa shape index (κ1) is 25.1. The molecule has 0 fully saturated rings. The van der Waals surface area contributed by atoms with Crippen molar-refractivity contribution in [1.82, 2.24) is 9.66 Å². The third-order valence-electron chi connectivity index (χ3n) is 5.30. The molecular weight excluding hydrogens is 526 g/mol. The average Bonchev–Trinajstić information content (AvgIpc) is 2.89. The number of para-hydroxylation sites is 1. The number of carbonyl (C=O) groups is 1. The average molecular weight is 550 g/mol. The first-order valence-electron chi connectivity index (χ1n) is 11.2. The summed E-state index contributed by atoms with van der Waals surface area (Å²) in [7, 11) is 1.50. The van der Waals surface area contributed by atoms with E-state index in [0.717, 1.165) is 5.56 Å². The predicted octanol–water partition coefficient (Wildman–Crippen LogP) is 5.05. The van der Waals surface area contributed by atoms with Gasteiger partial charge in [-0.25, -0.2) is 9.78 Å². The lowest BCUT2D eigenvalue weighted by molar-refractivity contribution is -0.150. The Hall–Kier alpha value is -3.98. The van der Waals surface area contributed by atoms with Crippen LogP contribution < -0.4 is 15.0 Å². The van der Waals surface area contributed by atoms with Crippen LogP contribution in [-0.4, -0.2) is 41.7 Å². The minimum absolute atomic E-state index is 0.261. The second kappa shape index (κ2) is 11.2. The number of nitrogens with zero attached hydrogens (tertiary/aromatic N) is 3. The van der Waals surface area contributed by atoms with Crippen molar-refractivity contribution >= 4 is 39.0 Å². The highest BCUT2D eigenvalue weighted by Gasteiger charge is 2.19. The Morgan fingerprint density at radius 1 is 1.11 bits per heavy atom. The second-order valence-electron chi connectivity index (χ2n) is 7.72. The molecule has 0 N–H and O–H groups in total. The van der Waals surface area contributed by atoms with Crippen molar-refractivity contribution < 1.29 is 19.0 Å². The number of hydrogen-bond acceptors (Lipinski definition) is 7. The van der Waals surface area contributed by atoms with Crippen molar-refractivity contribution in [3.8, 4) is 22.9 Å². The maximum atomic E-state index is 13.4. The third-order valence-corrected chi connectivity index (χ3v) is 5.99. The molecule has 0 aliphatic rings. The van der Waals surface area contributed by atoms with Crippen molar-refractivity contribution in [3.05, 3.63) is 87.1 Å². The standard InChI is InChI=1S/C27H24BrN3O5/c1-4-35-27(33)17(2)36-24-15-21(28)19(14-23(24)34-3)16-29-31-25(18-10-6-5-7-11-18)30-22-13-9-8-12-20(22)26(31)32/h5-17H,4H2,1-3H3/t17-/m1/s1.